The van der Waals surface area contributed by atoms with Crippen LogP contribution in [-0.2, 0) is 0 Å². The van der Waals surface area contributed by atoms with Crippen LogP contribution in [0.2, 0.25) is 0 Å². The number of benzene rings is 1. The zero-order valence-corrected chi connectivity index (χ0v) is 10.5. The number of hydrogen-bond donors (Lipinski definition) is 0. The Morgan fingerprint density at radius 1 is 1.41 bits per heavy atom. The molecule has 0 radical (unpaired) electrons. The normalized spacial score (nSPS) is 22.2. The molecule has 1 aliphatic heterocycles. The highest BCUT2D eigenvalue weighted by Gasteiger charge is 2.25. The number of hydrogen-bond acceptors (Lipinski definition) is 2. The Morgan fingerprint density at radius 2 is 2.18 bits per heavy atom. The van der Waals surface area contributed by atoms with Gasteiger partial charge in [0, 0.05) is 12.6 Å². The molecule has 2 atom stereocenters. The van der Waals surface area contributed by atoms with Gasteiger partial charge in [0.1, 0.15) is 0 Å². The average Bonchev–Trinajstić information content (AvgIpc) is 2.84. The van der Waals surface area contributed by atoms with Crippen molar-refractivity contribution in [3.8, 4) is 6.07 Å². The van der Waals surface area contributed by atoms with E-state index < -0.39 is 0 Å². The van der Waals surface area contributed by atoms with Gasteiger partial charge < -0.3 is 0 Å². The predicted octanol–water partition coefficient (Wildman–Crippen LogP) is 3.17. The van der Waals surface area contributed by atoms with Crippen LogP contribution in [0.5, 0.6) is 0 Å². The summed E-state index contributed by atoms with van der Waals surface area (Å²) in [4.78, 5) is 2.49. The fourth-order valence-corrected chi connectivity index (χ4v) is 2.74. The van der Waals surface area contributed by atoms with Crippen molar-refractivity contribution in [1.82, 2.24) is 4.90 Å². The summed E-state index contributed by atoms with van der Waals surface area (Å²) in [6, 6.07) is 13.3. The molecule has 0 saturated carbocycles. The molecule has 0 aromatic heterocycles. The minimum Gasteiger partial charge on any atom is -0.299 e. The molecule has 90 valence electrons. The highest BCUT2D eigenvalue weighted by Crippen LogP contribution is 2.24. The standard InChI is InChI=1S/C15H20N2/c1-2-15-9-6-10-17(15)12-14(11-16)13-7-4-3-5-8-13/h3-5,7-8,14-15H,2,6,9-10,12H2,1H3. The van der Waals surface area contributed by atoms with E-state index in [2.05, 4.69) is 30.0 Å². The van der Waals surface area contributed by atoms with E-state index in [1.165, 1.54) is 19.3 Å². The van der Waals surface area contributed by atoms with Gasteiger partial charge >= 0.3 is 0 Å². The lowest BCUT2D eigenvalue weighted by Gasteiger charge is -2.25. The third kappa shape index (κ3) is 2.87. The van der Waals surface area contributed by atoms with E-state index in [9.17, 15) is 5.26 Å². The van der Waals surface area contributed by atoms with Gasteiger partial charge in [-0.15, -0.1) is 0 Å². The average molecular weight is 228 g/mol. The second kappa shape index (κ2) is 5.84. The van der Waals surface area contributed by atoms with E-state index in [-0.39, 0.29) is 5.92 Å². The summed E-state index contributed by atoms with van der Waals surface area (Å²) < 4.78 is 0. The van der Waals surface area contributed by atoms with Crippen molar-refractivity contribution in [1.29, 1.82) is 5.26 Å². The fraction of sp³-hybridized carbons (Fsp3) is 0.533. The number of rotatable bonds is 4. The fourth-order valence-electron chi connectivity index (χ4n) is 2.74. The van der Waals surface area contributed by atoms with E-state index in [1.54, 1.807) is 0 Å². The lowest BCUT2D eigenvalue weighted by molar-refractivity contribution is 0.244. The first kappa shape index (κ1) is 12.1. The Balaban J connectivity index is 2.04. The van der Waals surface area contributed by atoms with Gasteiger partial charge in [-0.3, -0.25) is 4.90 Å². The van der Waals surface area contributed by atoms with E-state index in [0.29, 0.717) is 6.04 Å². The smallest absolute Gasteiger partial charge is 0.0839 e. The van der Waals surface area contributed by atoms with Gasteiger partial charge in [-0.2, -0.15) is 5.26 Å². The Kier molecular flexibility index (Phi) is 4.17. The quantitative estimate of drug-likeness (QED) is 0.791. The van der Waals surface area contributed by atoms with Gasteiger partial charge in [-0.25, -0.2) is 0 Å². The van der Waals surface area contributed by atoms with Crippen LogP contribution in [0.4, 0.5) is 0 Å². The first-order chi connectivity index (χ1) is 8.35. The van der Waals surface area contributed by atoms with Crippen LogP contribution < -0.4 is 0 Å². The second-order valence-corrected chi connectivity index (χ2v) is 4.79. The molecule has 1 aliphatic rings. The molecule has 1 aromatic carbocycles. The van der Waals surface area contributed by atoms with Gasteiger partial charge in [-0.1, -0.05) is 37.3 Å². The molecule has 1 heterocycles. The van der Waals surface area contributed by atoms with Crippen molar-refractivity contribution < 1.29 is 0 Å². The summed E-state index contributed by atoms with van der Waals surface area (Å²) in [5, 5.41) is 9.32. The van der Waals surface area contributed by atoms with Gasteiger partial charge in [-0.05, 0) is 31.4 Å². The Labute approximate surface area is 104 Å². The third-order valence-corrected chi connectivity index (χ3v) is 3.75. The van der Waals surface area contributed by atoms with Crippen LogP contribution in [0.3, 0.4) is 0 Å². The van der Waals surface area contributed by atoms with Crippen LogP contribution in [0.1, 0.15) is 37.7 Å². The molecule has 17 heavy (non-hydrogen) atoms. The predicted molar refractivity (Wildman–Crippen MR) is 69.7 cm³/mol. The van der Waals surface area contributed by atoms with Crippen LogP contribution in [0, 0.1) is 11.3 Å². The molecular weight excluding hydrogens is 208 g/mol. The Bertz CT molecular complexity index is 380. The van der Waals surface area contributed by atoms with Crippen LogP contribution >= 0.6 is 0 Å². The van der Waals surface area contributed by atoms with E-state index >= 15 is 0 Å². The molecule has 0 aliphatic carbocycles. The maximum atomic E-state index is 9.32. The van der Waals surface area contributed by atoms with Gasteiger partial charge in [0.05, 0.1) is 12.0 Å². The lowest BCUT2D eigenvalue weighted by atomic mass is 9.99. The molecule has 0 N–H and O–H groups in total. The van der Waals surface area contributed by atoms with Crippen molar-refractivity contribution in [2.24, 2.45) is 0 Å². The monoisotopic (exact) mass is 228 g/mol. The second-order valence-electron chi connectivity index (χ2n) is 4.79. The first-order valence-electron chi connectivity index (χ1n) is 6.53. The zero-order valence-electron chi connectivity index (χ0n) is 10.5. The summed E-state index contributed by atoms with van der Waals surface area (Å²) in [6.45, 7) is 4.29. The van der Waals surface area contributed by atoms with Crippen LogP contribution in [-0.4, -0.2) is 24.0 Å². The van der Waals surface area contributed by atoms with Crippen LogP contribution in [0.25, 0.3) is 0 Å². The lowest BCUT2D eigenvalue weighted by Crippen LogP contribution is -2.32. The molecule has 2 nitrogen and oxygen atoms in total. The SMILES string of the molecule is CCC1CCCN1CC(C#N)c1ccccc1. The van der Waals surface area contributed by atoms with E-state index in [0.717, 1.165) is 18.7 Å². The molecule has 2 heteroatoms. The van der Waals surface area contributed by atoms with Gasteiger partial charge in [0.15, 0.2) is 0 Å². The molecular formula is C15H20N2. The molecule has 1 saturated heterocycles. The zero-order chi connectivity index (χ0) is 12.1. The largest absolute Gasteiger partial charge is 0.299 e. The maximum absolute atomic E-state index is 9.32. The summed E-state index contributed by atoms with van der Waals surface area (Å²) in [6.07, 6.45) is 3.78. The van der Waals surface area contributed by atoms with Crippen molar-refractivity contribution in [3.05, 3.63) is 35.9 Å². The maximum Gasteiger partial charge on any atom is 0.0839 e. The van der Waals surface area contributed by atoms with Crippen molar-refractivity contribution in [2.45, 2.75) is 38.1 Å². The topological polar surface area (TPSA) is 27.0 Å². The van der Waals surface area contributed by atoms with E-state index in [1.807, 2.05) is 18.2 Å². The molecule has 0 bridgehead atoms. The number of nitrogens with zero attached hydrogens (tertiary/aromatic N) is 2. The number of nitriles is 1. The Hall–Kier alpha value is -1.33. The summed E-state index contributed by atoms with van der Waals surface area (Å²) in [5.74, 6) is 0.0170. The van der Waals surface area contributed by atoms with Crippen molar-refractivity contribution in [3.63, 3.8) is 0 Å². The Morgan fingerprint density at radius 3 is 2.82 bits per heavy atom. The summed E-state index contributed by atoms with van der Waals surface area (Å²) in [7, 11) is 0. The summed E-state index contributed by atoms with van der Waals surface area (Å²) in [5.41, 5.74) is 1.15. The van der Waals surface area contributed by atoms with Crippen LogP contribution in [0.15, 0.2) is 30.3 Å². The van der Waals surface area contributed by atoms with Crippen molar-refractivity contribution >= 4 is 0 Å². The molecule has 2 unspecified atom stereocenters. The molecule has 0 spiro atoms. The molecule has 2 rings (SSSR count). The minimum atomic E-state index is 0.0170. The van der Waals surface area contributed by atoms with Gasteiger partial charge in [0.25, 0.3) is 0 Å². The van der Waals surface area contributed by atoms with Gasteiger partial charge in [0.2, 0.25) is 0 Å². The summed E-state index contributed by atoms with van der Waals surface area (Å²) >= 11 is 0. The third-order valence-electron chi connectivity index (χ3n) is 3.75. The number of likely N-dealkylation sites (tertiary alicyclic amines) is 1. The molecule has 0 amide bonds. The highest BCUT2D eigenvalue weighted by atomic mass is 15.2. The van der Waals surface area contributed by atoms with E-state index in [4.69, 9.17) is 0 Å². The highest BCUT2D eigenvalue weighted by molar-refractivity contribution is 5.25. The molecule has 1 aromatic rings. The first-order valence-corrected chi connectivity index (χ1v) is 6.53. The molecule has 1 fully saturated rings. The van der Waals surface area contributed by atoms with Crippen molar-refractivity contribution in [2.75, 3.05) is 13.1 Å². The minimum absolute atomic E-state index is 0.0170.